The Hall–Kier alpha value is -2.63. The molecule has 6 heteroatoms. The van der Waals surface area contributed by atoms with E-state index >= 15 is 0 Å². The predicted molar refractivity (Wildman–Crippen MR) is 94.9 cm³/mol. The molecule has 0 aliphatic heterocycles. The summed E-state index contributed by atoms with van der Waals surface area (Å²) >= 11 is 0. The summed E-state index contributed by atoms with van der Waals surface area (Å²) < 4.78 is 14.9. The molecule has 0 fully saturated rings. The SMILES string of the molecule is CC(=O)c1nn(CC(C)(C)C)c2c(C)cc(-c3cnc(F)nc3)cc12. The standard InChI is InChI=1S/C19H21FN4O/c1-11-6-13(14-8-21-18(20)22-9-14)7-15-16(12(2)25)23-24(17(11)15)10-19(3,4)5/h6-9H,10H2,1-5H3. The summed E-state index contributed by atoms with van der Waals surface area (Å²) in [6, 6.07) is 3.89. The van der Waals surface area contributed by atoms with E-state index in [1.165, 1.54) is 19.3 Å². The molecule has 0 saturated heterocycles. The maximum atomic E-state index is 13.0. The van der Waals surface area contributed by atoms with Gasteiger partial charge >= 0.3 is 6.08 Å². The van der Waals surface area contributed by atoms with Crippen molar-refractivity contribution in [2.75, 3.05) is 0 Å². The van der Waals surface area contributed by atoms with Gasteiger partial charge < -0.3 is 0 Å². The Morgan fingerprint density at radius 3 is 2.36 bits per heavy atom. The van der Waals surface area contributed by atoms with E-state index in [1.54, 1.807) is 0 Å². The molecule has 3 aromatic rings. The molecule has 25 heavy (non-hydrogen) atoms. The molecule has 130 valence electrons. The molecule has 0 N–H and O–H groups in total. The maximum Gasteiger partial charge on any atom is 0.308 e. The van der Waals surface area contributed by atoms with E-state index in [-0.39, 0.29) is 11.2 Å². The average molecular weight is 340 g/mol. The van der Waals surface area contributed by atoms with Crippen LogP contribution >= 0.6 is 0 Å². The Balaban J connectivity index is 2.24. The number of aromatic nitrogens is 4. The Morgan fingerprint density at radius 1 is 1.16 bits per heavy atom. The smallest absolute Gasteiger partial charge is 0.293 e. The highest BCUT2D eigenvalue weighted by Gasteiger charge is 2.21. The Bertz CT molecular complexity index is 952. The van der Waals surface area contributed by atoms with Crippen LogP contribution in [0.4, 0.5) is 4.39 Å². The van der Waals surface area contributed by atoms with Crippen LogP contribution in [-0.2, 0) is 6.54 Å². The number of hydrogen-bond acceptors (Lipinski definition) is 4. The van der Waals surface area contributed by atoms with Gasteiger partial charge in [0.25, 0.3) is 0 Å². The molecule has 0 unspecified atom stereocenters. The molecule has 0 aliphatic carbocycles. The Kier molecular flexibility index (Phi) is 4.14. The number of carbonyl (C=O) groups is 1. The van der Waals surface area contributed by atoms with Crippen LogP contribution in [-0.4, -0.2) is 25.5 Å². The van der Waals surface area contributed by atoms with Crippen molar-refractivity contribution in [2.45, 2.75) is 41.2 Å². The van der Waals surface area contributed by atoms with Crippen molar-refractivity contribution in [2.24, 2.45) is 5.41 Å². The van der Waals surface area contributed by atoms with Gasteiger partial charge in [0.05, 0.1) is 5.52 Å². The van der Waals surface area contributed by atoms with E-state index < -0.39 is 6.08 Å². The van der Waals surface area contributed by atoms with Crippen LogP contribution in [0, 0.1) is 18.4 Å². The zero-order valence-corrected chi connectivity index (χ0v) is 15.1. The van der Waals surface area contributed by atoms with Crippen LogP contribution in [0.5, 0.6) is 0 Å². The summed E-state index contributed by atoms with van der Waals surface area (Å²) in [5, 5.41) is 5.36. The molecule has 0 saturated carbocycles. The number of fused-ring (bicyclic) bond motifs is 1. The minimum Gasteiger partial charge on any atom is -0.293 e. The van der Waals surface area contributed by atoms with Crippen LogP contribution in [0.1, 0.15) is 43.7 Å². The van der Waals surface area contributed by atoms with E-state index in [0.29, 0.717) is 17.8 Å². The molecule has 1 aromatic carbocycles. The van der Waals surface area contributed by atoms with E-state index in [0.717, 1.165) is 22.0 Å². The predicted octanol–water partition coefficient (Wildman–Crippen LogP) is 4.19. The third kappa shape index (κ3) is 3.43. The lowest BCUT2D eigenvalue weighted by Gasteiger charge is -2.19. The van der Waals surface area contributed by atoms with Gasteiger partial charge in [-0.1, -0.05) is 20.8 Å². The second kappa shape index (κ2) is 6.02. The summed E-state index contributed by atoms with van der Waals surface area (Å²) in [6.07, 6.45) is 2.12. The number of aryl methyl sites for hydroxylation is 1. The fraction of sp³-hybridized carbons (Fsp3) is 0.368. The monoisotopic (exact) mass is 340 g/mol. The third-order valence-corrected chi connectivity index (χ3v) is 3.95. The quantitative estimate of drug-likeness (QED) is 0.530. The zero-order chi connectivity index (χ0) is 18.4. The zero-order valence-electron chi connectivity index (χ0n) is 15.1. The van der Waals surface area contributed by atoms with Gasteiger partial charge in [0.15, 0.2) is 5.78 Å². The van der Waals surface area contributed by atoms with Crippen molar-refractivity contribution in [1.82, 2.24) is 19.7 Å². The van der Waals surface area contributed by atoms with Crippen LogP contribution in [0.25, 0.3) is 22.0 Å². The molecule has 3 rings (SSSR count). The maximum absolute atomic E-state index is 13.0. The fourth-order valence-electron chi connectivity index (χ4n) is 2.98. The molecule has 0 bridgehead atoms. The van der Waals surface area contributed by atoms with E-state index in [1.807, 2.05) is 23.7 Å². The molecule has 2 aromatic heterocycles. The van der Waals surface area contributed by atoms with Gasteiger partial charge in [-0.05, 0) is 35.6 Å². The number of benzene rings is 1. The molecule has 2 heterocycles. The van der Waals surface area contributed by atoms with Crippen molar-refractivity contribution in [3.05, 3.63) is 41.9 Å². The van der Waals surface area contributed by atoms with Gasteiger partial charge in [0, 0.05) is 36.8 Å². The van der Waals surface area contributed by atoms with Gasteiger partial charge in [-0.3, -0.25) is 9.48 Å². The van der Waals surface area contributed by atoms with Crippen molar-refractivity contribution < 1.29 is 9.18 Å². The first-order chi connectivity index (χ1) is 11.7. The van der Waals surface area contributed by atoms with Crippen LogP contribution < -0.4 is 0 Å². The van der Waals surface area contributed by atoms with Crippen molar-refractivity contribution >= 4 is 16.7 Å². The lowest BCUT2D eigenvalue weighted by Crippen LogP contribution is -2.17. The molecule has 5 nitrogen and oxygen atoms in total. The molecular weight excluding hydrogens is 319 g/mol. The minimum absolute atomic E-state index is 0.0307. The highest BCUT2D eigenvalue weighted by molar-refractivity contribution is 6.06. The topological polar surface area (TPSA) is 60.7 Å². The van der Waals surface area contributed by atoms with Crippen LogP contribution in [0.3, 0.4) is 0 Å². The van der Waals surface area contributed by atoms with Gasteiger partial charge in [-0.25, -0.2) is 9.97 Å². The van der Waals surface area contributed by atoms with E-state index in [9.17, 15) is 9.18 Å². The van der Waals surface area contributed by atoms with Gasteiger partial charge in [0.2, 0.25) is 0 Å². The number of hydrogen-bond donors (Lipinski definition) is 0. The van der Waals surface area contributed by atoms with E-state index in [4.69, 9.17) is 0 Å². The largest absolute Gasteiger partial charge is 0.308 e. The molecule has 0 spiro atoms. The third-order valence-electron chi connectivity index (χ3n) is 3.95. The highest BCUT2D eigenvalue weighted by Crippen LogP contribution is 2.31. The number of halogens is 1. The number of rotatable bonds is 3. The Morgan fingerprint density at radius 2 is 1.80 bits per heavy atom. The van der Waals surface area contributed by atoms with Gasteiger partial charge in [-0.2, -0.15) is 9.49 Å². The number of carbonyl (C=O) groups excluding carboxylic acids is 1. The van der Waals surface area contributed by atoms with Gasteiger partial charge in [-0.15, -0.1) is 0 Å². The normalized spacial score (nSPS) is 11.9. The minimum atomic E-state index is -0.760. The summed E-state index contributed by atoms with van der Waals surface area (Å²) in [6.45, 7) is 10.6. The van der Waals surface area contributed by atoms with E-state index in [2.05, 4.69) is 35.8 Å². The first-order valence-electron chi connectivity index (χ1n) is 8.16. The highest BCUT2D eigenvalue weighted by atomic mass is 19.1. The van der Waals surface area contributed by atoms with Crippen molar-refractivity contribution in [3.8, 4) is 11.1 Å². The van der Waals surface area contributed by atoms with Crippen molar-refractivity contribution in [1.29, 1.82) is 0 Å². The summed E-state index contributed by atoms with van der Waals surface area (Å²) in [5.41, 5.74) is 3.97. The summed E-state index contributed by atoms with van der Waals surface area (Å²) in [5.74, 6) is -0.0791. The second-order valence-electron chi connectivity index (χ2n) is 7.55. The fourth-order valence-corrected chi connectivity index (χ4v) is 2.98. The number of nitrogens with zero attached hydrogens (tertiary/aromatic N) is 4. The molecule has 0 radical (unpaired) electrons. The first kappa shape index (κ1) is 17.2. The van der Waals surface area contributed by atoms with Crippen LogP contribution in [0.15, 0.2) is 24.5 Å². The summed E-state index contributed by atoms with van der Waals surface area (Å²) in [7, 11) is 0. The lowest BCUT2D eigenvalue weighted by molar-refractivity contribution is 0.101. The molecule has 0 aliphatic rings. The first-order valence-corrected chi connectivity index (χ1v) is 8.16. The number of Topliss-reactive ketones (excluding diaryl/α,β-unsaturated/α-hetero) is 1. The molecule has 0 amide bonds. The lowest BCUT2D eigenvalue weighted by atomic mass is 9.96. The number of ketones is 1. The summed E-state index contributed by atoms with van der Waals surface area (Å²) in [4.78, 5) is 19.3. The Labute approximate surface area is 145 Å². The van der Waals surface area contributed by atoms with Crippen molar-refractivity contribution in [3.63, 3.8) is 0 Å². The molecule has 0 atom stereocenters. The second-order valence-corrected chi connectivity index (χ2v) is 7.55. The molecular formula is C19H21FN4O. The van der Waals surface area contributed by atoms with Gasteiger partial charge in [0.1, 0.15) is 5.69 Å². The van der Waals surface area contributed by atoms with Crippen LogP contribution in [0.2, 0.25) is 0 Å². The average Bonchev–Trinajstić information content (AvgIpc) is 2.85.